The molecule has 0 atom stereocenters. The lowest BCUT2D eigenvalue weighted by Crippen LogP contribution is -2.10. The minimum Gasteiger partial charge on any atom is -0.465 e. The lowest BCUT2D eigenvalue weighted by molar-refractivity contribution is 0.00735. The molecule has 3 nitrogen and oxygen atoms in total. The minimum atomic E-state index is -0.308. The highest BCUT2D eigenvalue weighted by Gasteiger charge is 2.22. The standard InChI is InChI=1S/C15H14O3/c1-2-5-12(6-3-1)14(15-17-9-10-18-15)11-13-7-4-8-16-13/h1-8,11,15H,9-10H2/b14-11-. The Morgan fingerprint density at radius 3 is 2.44 bits per heavy atom. The molecule has 3 rings (SSSR count). The zero-order valence-electron chi connectivity index (χ0n) is 9.91. The Morgan fingerprint density at radius 2 is 1.78 bits per heavy atom. The Hall–Kier alpha value is -1.84. The van der Waals surface area contributed by atoms with Gasteiger partial charge in [0.25, 0.3) is 0 Å². The van der Waals surface area contributed by atoms with Gasteiger partial charge in [-0.25, -0.2) is 0 Å². The highest BCUT2D eigenvalue weighted by atomic mass is 16.7. The zero-order chi connectivity index (χ0) is 12.2. The molecule has 0 aliphatic carbocycles. The van der Waals surface area contributed by atoms with Crippen molar-refractivity contribution < 1.29 is 13.9 Å². The molecule has 18 heavy (non-hydrogen) atoms. The van der Waals surface area contributed by atoms with Gasteiger partial charge >= 0.3 is 0 Å². The highest BCUT2D eigenvalue weighted by Crippen LogP contribution is 2.26. The average molecular weight is 242 g/mol. The third-order valence-corrected chi connectivity index (χ3v) is 2.82. The van der Waals surface area contributed by atoms with Gasteiger partial charge in [-0.2, -0.15) is 0 Å². The zero-order valence-corrected chi connectivity index (χ0v) is 9.91. The van der Waals surface area contributed by atoms with E-state index in [1.807, 2.05) is 48.5 Å². The quantitative estimate of drug-likeness (QED) is 0.828. The Balaban J connectivity index is 1.98. The second kappa shape index (κ2) is 5.21. The van der Waals surface area contributed by atoms with Crippen molar-refractivity contribution in [1.82, 2.24) is 0 Å². The van der Waals surface area contributed by atoms with Crippen molar-refractivity contribution in [2.45, 2.75) is 6.29 Å². The van der Waals surface area contributed by atoms with Crippen molar-refractivity contribution >= 4 is 11.6 Å². The first-order chi connectivity index (χ1) is 8.93. The molecule has 0 saturated carbocycles. The molecular weight excluding hydrogens is 228 g/mol. The van der Waals surface area contributed by atoms with E-state index >= 15 is 0 Å². The second-order valence-corrected chi connectivity index (χ2v) is 4.05. The van der Waals surface area contributed by atoms with Crippen LogP contribution in [0.1, 0.15) is 11.3 Å². The first-order valence-electron chi connectivity index (χ1n) is 5.97. The van der Waals surface area contributed by atoms with Gasteiger partial charge in [-0.1, -0.05) is 30.3 Å². The first kappa shape index (κ1) is 11.3. The van der Waals surface area contributed by atoms with Crippen molar-refractivity contribution in [1.29, 1.82) is 0 Å². The number of ether oxygens (including phenoxy) is 2. The number of hydrogen-bond donors (Lipinski definition) is 0. The lowest BCUT2D eigenvalue weighted by atomic mass is 10.0. The van der Waals surface area contributed by atoms with Crippen molar-refractivity contribution in [3.8, 4) is 0 Å². The molecule has 0 N–H and O–H groups in total. The summed E-state index contributed by atoms with van der Waals surface area (Å²) < 4.78 is 16.5. The van der Waals surface area contributed by atoms with Gasteiger partial charge in [-0.3, -0.25) is 0 Å². The van der Waals surface area contributed by atoms with E-state index in [4.69, 9.17) is 13.9 Å². The molecule has 2 heterocycles. The van der Waals surface area contributed by atoms with E-state index in [-0.39, 0.29) is 6.29 Å². The Kier molecular flexibility index (Phi) is 3.26. The van der Waals surface area contributed by atoms with Crippen LogP contribution in [0.4, 0.5) is 0 Å². The molecule has 0 bridgehead atoms. The summed E-state index contributed by atoms with van der Waals surface area (Å²) in [6, 6.07) is 13.9. The maximum absolute atomic E-state index is 5.59. The molecule has 1 fully saturated rings. The molecule has 2 aromatic rings. The summed E-state index contributed by atoms with van der Waals surface area (Å²) in [6.45, 7) is 1.26. The lowest BCUT2D eigenvalue weighted by Gasteiger charge is -2.13. The molecule has 1 saturated heterocycles. The normalized spacial score (nSPS) is 17.2. The van der Waals surface area contributed by atoms with Crippen LogP contribution in [0.25, 0.3) is 11.6 Å². The van der Waals surface area contributed by atoms with Crippen LogP contribution < -0.4 is 0 Å². The molecule has 1 aliphatic rings. The summed E-state index contributed by atoms with van der Waals surface area (Å²) in [5.41, 5.74) is 2.07. The summed E-state index contributed by atoms with van der Waals surface area (Å²) >= 11 is 0. The van der Waals surface area contributed by atoms with Gasteiger partial charge in [0.05, 0.1) is 19.5 Å². The second-order valence-electron chi connectivity index (χ2n) is 4.05. The van der Waals surface area contributed by atoms with Gasteiger partial charge in [0.1, 0.15) is 5.76 Å². The predicted molar refractivity (Wildman–Crippen MR) is 68.7 cm³/mol. The van der Waals surface area contributed by atoms with Crippen molar-refractivity contribution in [3.05, 3.63) is 60.1 Å². The van der Waals surface area contributed by atoms with Crippen LogP contribution in [0.5, 0.6) is 0 Å². The van der Waals surface area contributed by atoms with Gasteiger partial charge in [0.15, 0.2) is 6.29 Å². The predicted octanol–water partition coefficient (Wildman–Crippen LogP) is 3.19. The third-order valence-electron chi connectivity index (χ3n) is 2.82. The van der Waals surface area contributed by atoms with E-state index in [1.165, 1.54) is 0 Å². The van der Waals surface area contributed by atoms with E-state index < -0.39 is 0 Å². The number of rotatable bonds is 3. The molecule has 0 unspecified atom stereocenters. The summed E-state index contributed by atoms with van der Waals surface area (Å²) in [5.74, 6) is 0.799. The molecule has 1 aromatic heterocycles. The molecule has 0 spiro atoms. The minimum absolute atomic E-state index is 0.308. The maximum Gasteiger partial charge on any atom is 0.184 e. The number of benzene rings is 1. The van der Waals surface area contributed by atoms with Gasteiger partial charge < -0.3 is 13.9 Å². The van der Waals surface area contributed by atoms with Crippen LogP contribution in [0.3, 0.4) is 0 Å². The molecule has 1 aromatic carbocycles. The molecule has 1 aliphatic heterocycles. The molecule has 0 radical (unpaired) electrons. The van der Waals surface area contributed by atoms with Crippen LogP contribution in [-0.2, 0) is 9.47 Å². The Morgan fingerprint density at radius 1 is 1.00 bits per heavy atom. The van der Waals surface area contributed by atoms with Gasteiger partial charge in [0, 0.05) is 5.57 Å². The fourth-order valence-corrected chi connectivity index (χ4v) is 1.98. The van der Waals surface area contributed by atoms with Crippen LogP contribution in [-0.4, -0.2) is 19.5 Å². The summed E-state index contributed by atoms with van der Waals surface area (Å²) in [4.78, 5) is 0. The van der Waals surface area contributed by atoms with Gasteiger partial charge in [-0.15, -0.1) is 0 Å². The van der Waals surface area contributed by atoms with Crippen LogP contribution in [0.15, 0.2) is 53.1 Å². The number of hydrogen-bond acceptors (Lipinski definition) is 3. The summed E-state index contributed by atoms with van der Waals surface area (Å²) in [7, 11) is 0. The third kappa shape index (κ3) is 2.37. The largest absolute Gasteiger partial charge is 0.465 e. The fourth-order valence-electron chi connectivity index (χ4n) is 1.98. The van der Waals surface area contributed by atoms with E-state index in [1.54, 1.807) is 6.26 Å². The maximum atomic E-state index is 5.59. The average Bonchev–Trinajstić information content (AvgIpc) is 3.10. The first-order valence-corrected chi connectivity index (χ1v) is 5.97. The highest BCUT2D eigenvalue weighted by molar-refractivity contribution is 5.82. The van der Waals surface area contributed by atoms with E-state index in [2.05, 4.69) is 0 Å². The SMILES string of the molecule is C(=C(\c1ccccc1)C1OCCO1)/c1ccco1. The summed E-state index contributed by atoms with van der Waals surface area (Å²) in [6.07, 6.45) is 3.31. The molecule has 0 amide bonds. The van der Waals surface area contributed by atoms with Crippen LogP contribution in [0, 0.1) is 0 Å². The van der Waals surface area contributed by atoms with Crippen molar-refractivity contribution in [3.63, 3.8) is 0 Å². The van der Waals surface area contributed by atoms with Crippen molar-refractivity contribution in [2.24, 2.45) is 0 Å². The Bertz CT molecular complexity index is 508. The molecular formula is C15H14O3. The number of furan rings is 1. The van der Waals surface area contributed by atoms with Crippen molar-refractivity contribution in [2.75, 3.05) is 13.2 Å². The Labute approximate surface area is 106 Å². The van der Waals surface area contributed by atoms with E-state index in [0.29, 0.717) is 13.2 Å². The van der Waals surface area contributed by atoms with E-state index in [0.717, 1.165) is 16.9 Å². The molecule has 92 valence electrons. The summed E-state index contributed by atoms with van der Waals surface area (Å²) in [5, 5.41) is 0. The topological polar surface area (TPSA) is 31.6 Å². The smallest absolute Gasteiger partial charge is 0.184 e. The molecule has 3 heteroatoms. The van der Waals surface area contributed by atoms with Gasteiger partial charge in [-0.05, 0) is 23.8 Å². The van der Waals surface area contributed by atoms with Gasteiger partial charge in [0.2, 0.25) is 0 Å². The van der Waals surface area contributed by atoms with Crippen LogP contribution in [0.2, 0.25) is 0 Å². The fraction of sp³-hybridized carbons (Fsp3) is 0.200. The van der Waals surface area contributed by atoms with E-state index in [9.17, 15) is 0 Å². The van der Waals surface area contributed by atoms with Crippen LogP contribution >= 0.6 is 0 Å². The monoisotopic (exact) mass is 242 g/mol.